The molecule has 1 atom stereocenters. The van der Waals surface area contributed by atoms with Crippen LogP contribution in [0.5, 0.6) is 0 Å². The molecule has 17 heavy (non-hydrogen) atoms. The van der Waals surface area contributed by atoms with Crippen LogP contribution in [0.25, 0.3) is 0 Å². The molecule has 2 aromatic rings. The van der Waals surface area contributed by atoms with Gasteiger partial charge in [0.25, 0.3) is 0 Å². The van der Waals surface area contributed by atoms with E-state index in [1.807, 2.05) is 32.0 Å². The maximum atomic E-state index is 10.3. The zero-order chi connectivity index (χ0) is 12.6. The second-order valence-electron chi connectivity index (χ2n) is 4.02. The molecule has 2 rings (SSSR count). The molecule has 0 saturated heterocycles. The van der Waals surface area contributed by atoms with E-state index in [1.54, 1.807) is 6.07 Å². The third-order valence-electron chi connectivity index (χ3n) is 2.64. The van der Waals surface area contributed by atoms with Gasteiger partial charge in [-0.05, 0) is 42.7 Å². The number of aliphatic hydroxyl groups excluding tert-OH is 1. The van der Waals surface area contributed by atoms with Crippen molar-refractivity contribution in [1.82, 2.24) is 0 Å². The van der Waals surface area contributed by atoms with Crippen molar-refractivity contribution in [3.63, 3.8) is 0 Å². The molecule has 0 aliphatic rings. The highest BCUT2D eigenvalue weighted by Gasteiger charge is 2.15. The van der Waals surface area contributed by atoms with E-state index in [0.717, 1.165) is 25.9 Å². The molecule has 0 aliphatic carbocycles. The second kappa shape index (κ2) is 4.99. The minimum absolute atomic E-state index is 0.637. The molecule has 1 nitrogen and oxygen atoms in total. The monoisotopic (exact) mass is 286 g/mol. The van der Waals surface area contributed by atoms with Crippen molar-refractivity contribution in [3.8, 4) is 0 Å². The predicted octanol–water partition coefficient (Wildman–Crippen LogP) is 4.75. The molecule has 0 amide bonds. The van der Waals surface area contributed by atoms with Gasteiger partial charge in [0.2, 0.25) is 0 Å². The second-order valence-corrected chi connectivity index (χ2v) is 6.11. The smallest absolute Gasteiger partial charge is 0.113 e. The molecule has 0 aliphatic heterocycles. The highest BCUT2D eigenvalue weighted by molar-refractivity contribution is 7.16. The Morgan fingerprint density at radius 1 is 1.12 bits per heavy atom. The minimum atomic E-state index is -0.637. The molecule has 1 unspecified atom stereocenters. The lowest BCUT2D eigenvalue weighted by Gasteiger charge is -2.10. The quantitative estimate of drug-likeness (QED) is 0.844. The lowest BCUT2D eigenvalue weighted by Crippen LogP contribution is -1.97. The topological polar surface area (TPSA) is 20.2 Å². The lowest BCUT2D eigenvalue weighted by molar-refractivity contribution is 0.224. The van der Waals surface area contributed by atoms with E-state index in [1.165, 1.54) is 11.3 Å². The van der Waals surface area contributed by atoms with Crippen LogP contribution in [0.3, 0.4) is 0 Å². The molecule has 4 heteroatoms. The van der Waals surface area contributed by atoms with Gasteiger partial charge in [0.05, 0.1) is 4.34 Å². The highest BCUT2D eigenvalue weighted by atomic mass is 35.5. The Labute approximate surface area is 115 Å². The van der Waals surface area contributed by atoms with Crippen LogP contribution in [0, 0.1) is 13.8 Å². The van der Waals surface area contributed by atoms with Gasteiger partial charge >= 0.3 is 0 Å². The van der Waals surface area contributed by atoms with E-state index in [4.69, 9.17) is 23.2 Å². The minimum Gasteiger partial charge on any atom is -0.383 e. The van der Waals surface area contributed by atoms with Crippen molar-refractivity contribution in [2.75, 3.05) is 0 Å². The molecule has 90 valence electrons. The predicted molar refractivity (Wildman–Crippen MR) is 74.3 cm³/mol. The fraction of sp³-hybridized carbons (Fsp3) is 0.231. The van der Waals surface area contributed by atoms with Gasteiger partial charge in [0.1, 0.15) is 6.10 Å². The highest BCUT2D eigenvalue weighted by Crippen LogP contribution is 2.34. The van der Waals surface area contributed by atoms with Crippen molar-refractivity contribution in [2.24, 2.45) is 0 Å². The number of aryl methyl sites for hydroxylation is 2. The van der Waals surface area contributed by atoms with E-state index in [-0.39, 0.29) is 0 Å². The Kier molecular flexibility index (Phi) is 3.79. The summed E-state index contributed by atoms with van der Waals surface area (Å²) in [6, 6.07) is 7.46. The summed E-state index contributed by atoms with van der Waals surface area (Å²) in [5.41, 5.74) is 2.80. The number of hydrogen-bond donors (Lipinski definition) is 1. The van der Waals surface area contributed by atoms with Gasteiger partial charge in [0.15, 0.2) is 0 Å². The number of aliphatic hydroxyl groups is 1. The van der Waals surface area contributed by atoms with Gasteiger partial charge < -0.3 is 5.11 Å². The van der Waals surface area contributed by atoms with Crippen molar-refractivity contribution in [2.45, 2.75) is 20.0 Å². The third kappa shape index (κ3) is 2.66. The first-order chi connectivity index (χ1) is 7.99. The van der Waals surface area contributed by atoms with Crippen LogP contribution >= 0.6 is 34.5 Å². The van der Waals surface area contributed by atoms with Gasteiger partial charge in [0, 0.05) is 9.90 Å². The van der Waals surface area contributed by atoms with Gasteiger partial charge in [-0.2, -0.15) is 0 Å². The summed E-state index contributed by atoms with van der Waals surface area (Å²) < 4.78 is 0.727. The summed E-state index contributed by atoms with van der Waals surface area (Å²) in [7, 11) is 0. The Bertz CT molecular complexity index is 529. The summed E-state index contributed by atoms with van der Waals surface area (Å²) in [5, 5.41) is 11.0. The van der Waals surface area contributed by atoms with E-state index in [9.17, 15) is 5.11 Å². The largest absolute Gasteiger partial charge is 0.383 e. The average molecular weight is 287 g/mol. The van der Waals surface area contributed by atoms with Gasteiger partial charge in [-0.1, -0.05) is 35.3 Å². The van der Waals surface area contributed by atoms with Crippen LogP contribution in [0.15, 0.2) is 24.3 Å². The van der Waals surface area contributed by atoms with Crippen LogP contribution < -0.4 is 0 Å². The first-order valence-electron chi connectivity index (χ1n) is 5.19. The maximum absolute atomic E-state index is 10.3. The molecule has 0 bridgehead atoms. The molecule has 1 aromatic heterocycles. The van der Waals surface area contributed by atoms with Crippen molar-refractivity contribution >= 4 is 34.5 Å². The lowest BCUT2D eigenvalue weighted by atomic mass is 10.1. The molecular formula is C13H12Cl2OS. The Balaban J connectivity index is 2.36. The van der Waals surface area contributed by atoms with Gasteiger partial charge in [-0.3, -0.25) is 0 Å². The molecule has 1 aromatic carbocycles. The molecule has 1 heterocycles. The fourth-order valence-electron chi connectivity index (χ4n) is 1.62. The average Bonchev–Trinajstić information content (AvgIpc) is 2.62. The molecule has 1 N–H and O–H groups in total. The van der Waals surface area contributed by atoms with Crippen LogP contribution in [-0.2, 0) is 0 Å². The Hall–Kier alpha value is -0.540. The number of benzene rings is 1. The Morgan fingerprint density at radius 2 is 1.82 bits per heavy atom. The standard InChI is InChI=1S/C13H12Cl2OS/c1-7-5-9(3-4-10(7)14)12(16)11-6-8(2)13(15)17-11/h3-6,12,16H,1-2H3. The van der Waals surface area contributed by atoms with Crippen molar-refractivity contribution in [3.05, 3.63) is 55.2 Å². The van der Waals surface area contributed by atoms with Gasteiger partial charge in [-0.25, -0.2) is 0 Å². The van der Waals surface area contributed by atoms with Gasteiger partial charge in [-0.15, -0.1) is 11.3 Å². The number of thiophene rings is 1. The van der Waals surface area contributed by atoms with Crippen LogP contribution in [-0.4, -0.2) is 5.11 Å². The number of halogens is 2. The normalized spacial score (nSPS) is 12.8. The van der Waals surface area contributed by atoms with E-state index < -0.39 is 6.10 Å². The zero-order valence-corrected chi connectivity index (χ0v) is 11.8. The number of hydrogen-bond acceptors (Lipinski definition) is 2. The number of rotatable bonds is 2. The molecule has 0 spiro atoms. The summed E-state index contributed by atoms with van der Waals surface area (Å²) in [6.07, 6.45) is -0.637. The summed E-state index contributed by atoms with van der Waals surface area (Å²) in [5.74, 6) is 0. The van der Waals surface area contributed by atoms with Crippen molar-refractivity contribution < 1.29 is 5.11 Å². The van der Waals surface area contributed by atoms with E-state index in [2.05, 4.69) is 0 Å². The molecule has 0 radical (unpaired) electrons. The van der Waals surface area contributed by atoms with E-state index in [0.29, 0.717) is 5.02 Å². The van der Waals surface area contributed by atoms with E-state index >= 15 is 0 Å². The Morgan fingerprint density at radius 3 is 2.35 bits per heavy atom. The first kappa shape index (κ1) is 12.9. The fourth-order valence-corrected chi connectivity index (χ4v) is 2.97. The molecular weight excluding hydrogens is 275 g/mol. The van der Waals surface area contributed by atoms with Crippen LogP contribution in [0.1, 0.15) is 27.7 Å². The zero-order valence-electron chi connectivity index (χ0n) is 9.50. The summed E-state index contributed by atoms with van der Waals surface area (Å²) >= 11 is 13.4. The van der Waals surface area contributed by atoms with Crippen LogP contribution in [0.2, 0.25) is 9.36 Å². The molecule has 0 fully saturated rings. The SMILES string of the molecule is Cc1cc(C(O)c2cc(C)c(Cl)s2)ccc1Cl. The maximum Gasteiger partial charge on any atom is 0.113 e. The third-order valence-corrected chi connectivity index (χ3v) is 4.68. The summed E-state index contributed by atoms with van der Waals surface area (Å²) in [4.78, 5) is 0.856. The molecule has 0 saturated carbocycles. The first-order valence-corrected chi connectivity index (χ1v) is 6.76. The van der Waals surface area contributed by atoms with Crippen LogP contribution in [0.4, 0.5) is 0 Å². The van der Waals surface area contributed by atoms with Crippen molar-refractivity contribution in [1.29, 1.82) is 0 Å². The summed E-state index contributed by atoms with van der Waals surface area (Å²) in [6.45, 7) is 3.85.